The third-order valence-corrected chi connectivity index (χ3v) is 2.28. The minimum absolute atomic E-state index is 0.272. The molecular weight excluding hydrogens is 234 g/mol. The molecule has 13 heavy (non-hydrogen) atoms. The van der Waals surface area contributed by atoms with Gasteiger partial charge in [0.1, 0.15) is 10.7 Å². The highest BCUT2D eigenvalue weighted by Gasteiger charge is 2.25. The Balaban J connectivity index is 1.94. The summed E-state index contributed by atoms with van der Waals surface area (Å²) in [7, 11) is 2.06. The Bertz CT molecular complexity index is 301. The maximum Gasteiger partial charge on any atom is 0.233 e. The summed E-state index contributed by atoms with van der Waals surface area (Å²) in [6.45, 7) is 1.93. The molecule has 2 rings (SSSR count). The lowest BCUT2D eigenvalue weighted by Crippen LogP contribution is -2.51. The molecule has 1 saturated heterocycles. The second-order valence-electron chi connectivity index (χ2n) is 3.14. The fourth-order valence-electron chi connectivity index (χ4n) is 1.27. The SMILES string of the molecule is CN1CC(Oc2cncc(Br)n2)C1. The van der Waals surface area contributed by atoms with E-state index in [2.05, 4.69) is 37.8 Å². The average molecular weight is 244 g/mol. The Kier molecular flexibility index (Phi) is 2.46. The summed E-state index contributed by atoms with van der Waals surface area (Å²) in [5.41, 5.74) is 0. The Hall–Kier alpha value is -0.680. The first kappa shape index (κ1) is 8.90. The smallest absolute Gasteiger partial charge is 0.233 e. The van der Waals surface area contributed by atoms with Gasteiger partial charge in [-0.2, -0.15) is 0 Å². The van der Waals surface area contributed by atoms with Gasteiger partial charge >= 0.3 is 0 Å². The molecule has 4 nitrogen and oxygen atoms in total. The molecule has 5 heteroatoms. The lowest BCUT2D eigenvalue weighted by atomic mass is 10.2. The van der Waals surface area contributed by atoms with Crippen molar-refractivity contribution in [2.24, 2.45) is 0 Å². The largest absolute Gasteiger partial charge is 0.470 e. The van der Waals surface area contributed by atoms with E-state index in [0.717, 1.165) is 13.1 Å². The summed E-state index contributed by atoms with van der Waals surface area (Å²) in [5.74, 6) is 0.590. The molecule has 2 heterocycles. The maximum absolute atomic E-state index is 5.56. The molecule has 0 saturated carbocycles. The molecule has 0 aromatic carbocycles. The van der Waals surface area contributed by atoms with E-state index in [9.17, 15) is 0 Å². The zero-order valence-electron chi connectivity index (χ0n) is 7.27. The van der Waals surface area contributed by atoms with Crippen molar-refractivity contribution >= 4 is 15.9 Å². The van der Waals surface area contributed by atoms with Crippen molar-refractivity contribution in [1.82, 2.24) is 14.9 Å². The number of likely N-dealkylation sites (tertiary alicyclic amines) is 1. The predicted octanol–water partition coefficient (Wildman–Crippen LogP) is 0.932. The number of nitrogens with zero attached hydrogens (tertiary/aromatic N) is 3. The van der Waals surface area contributed by atoms with Gasteiger partial charge in [0.2, 0.25) is 5.88 Å². The summed E-state index contributed by atoms with van der Waals surface area (Å²) < 4.78 is 6.26. The summed E-state index contributed by atoms with van der Waals surface area (Å²) >= 11 is 3.24. The molecule has 1 aromatic rings. The Morgan fingerprint density at radius 1 is 1.54 bits per heavy atom. The lowest BCUT2D eigenvalue weighted by molar-refractivity contribution is 0.0351. The quantitative estimate of drug-likeness (QED) is 0.775. The van der Waals surface area contributed by atoms with Crippen LogP contribution >= 0.6 is 15.9 Å². The Labute approximate surface area is 85.1 Å². The van der Waals surface area contributed by atoms with Crippen molar-refractivity contribution in [3.63, 3.8) is 0 Å². The van der Waals surface area contributed by atoms with Crippen LogP contribution in [0.5, 0.6) is 5.88 Å². The number of rotatable bonds is 2. The number of hydrogen-bond donors (Lipinski definition) is 0. The van der Waals surface area contributed by atoms with E-state index in [1.807, 2.05) is 0 Å². The zero-order chi connectivity index (χ0) is 9.26. The van der Waals surface area contributed by atoms with Crippen LogP contribution in [0.2, 0.25) is 0 Å². The van der Waals surface area contributed by atoms with E-state index < -0.39 is 0 Å². The molecule has 0 radical (unpaired) electrons. The summed E-state index contributed by atoms with van der Waals surface area (Å²) in [6, 6.07) is 0. The van der Waals surface area contributed by atoms with Crippen LogP contribution in [0.4, 0.5) is 0 Å². The van der Waals surface area contributed by atoms with Gasteiger partial charge in [0.25, 0.3) is 0 Å². The molecule has 1 aliphatic rings. The number of hydrogen-bond acceptors (Lipinski definition) is 4. The molecule has 0 amide bonds. The van der Waals surface area contributed by atoms with E-state index in [1.165, 1.54) is 0 Å². The van der Waals surface area contributed by atoms with Gasteiger partial charge in [-0.15, -0.1) is 0 Å². The Morgan fingerprint density at radius 2 is 2.31 bits per heavy atom. The normalized spacial score (nSPS) is 18.3. The van der Waals surface area contributed by atoms with Crippen molar-refractivity contribution in [2.75, 3.05) is 20.1 Å². The van der Waals surface area contributed by atoms with Gasteiger partial charge in [0.05, 0.1) is 12.4 Å². The van der Waals surface area contributed by atoms with E-state index in [1.54, 1.807) is 12.4 Å². The summed E-state index contributed by atoms with van der Waals surface area (Å²) in [4.78, 5) is 10.3. The van der Waals surface area contributed by atoms with Crippen LogP contribution in [0.3, 0.4) is 0 Å². The first-order valence-electron chi connectivity index (χ1n) is 4.07. The van der Waals surface area contributed by atoms with Crippen LogP contribution in [0.1, 0.15) is 0 Å². The van der Waals surface area contributed by atoms with Crippen molar-refractivity contribution < 1.29 is 4.74 Å². The van der Waals surface area contributed by atoms with E-state index in [0.29, 0.717) is 10.5 Å². The first-order chi connectivity index (χ1) is 6.24. The number of aromatic nitrogens is 2. The molecule has 0 N–H and O–H groups in total. The number of likely N-dealkylation sites (N-methyl/N-ethyl adjacent to an activating group) is 1. The molecule has 0 bridgehead atoms. The van der Waals surface area contributed by atoms with Gasteiger partial charge < -0.3 is 4.74 Å². The average Bonchev–Trinajstić information content (AvgIpc) is 2.01. The van der Waals surface area contributed by atoms with Crippen LogP contribution in [0.15, 0.2) is 17.0 Å². The minimum Gasteiger partial charge on any atom is -0.470 e. The molecule has 0 spiro atoms. The highest BCUT2D eigenvalue weighted by Crippen LogP contribution is 2.15. The lowest BCUT2D eigenvalue weighted by Gasteiger charge is -2.35. The van der Waals surface area contributed by atoms with Gasteiger partial charge in [0.15, 0.2) is 0 Å². The zero-order valence-corrected chi connectivity index (χ0v) is 8.86. The highest BCUT2D eigenvalue weighted by atomic mass is 79.9. The Morgan fingerprint density at radius 3 is 2.92 bits per heavy atom. The molecule has 0 atom stereocenters. The molecule has 0 aliphatic carbocycles. The van der Waals surface area contributed by atoms with Crippen LogP contribution in [0, 0.1) is 0 Å². The van der Waals surface area contributed by atoms with E-state index in [4.69, 9.17) is 4.74 Å². The third-order valence-electron chi connectivity index (χ3n) is 1.90. The second-order valence-corrected chi connectivity index (χ2v) is 3.95. The molecule has 1 aliphatic heterocycles. The van der Waals surface area contributed by atoms with Crippen LogP contribution in [-0.4, -0.2) is 41.1 Å². The second kappa shape index (κ2) is 3.59. The van der Waals surface area contributed by atoms with Gasteiger partial charge in [-0.25, -0.2) is 4.98 Å². The predicted molar refractivity (Wildman–Crippen MR) is 51.6 cm³/mol. The van der Waals surface area contributed by atoms with Gasteiger partial charge in [0, 0.05) is 13.1 Å². The van der Waals surface area contributed by atoms with Crippen LogP contribution in [-0.2, 0) is 0 Å². The van der Waals surface area contributed by atoms with E-state index in [-0.39, 0.29) is 6.10 Å². The molecule has 1 fully saturated rings. The topological polar surface area (TPSA) is 38.2 Å². The molecular formula is C8H10BrN3O. The molecule has 0 unspecified atom stereocenters. The standard InChI is InChI=1S/C8H10BrN3O/c1-12-4-6(5-12)13-8-3-10-2-7(9)11-8/h2-3,6H,4-5H2,1H3. The molecule has 70 valence electrons. The van der Waals surface area contributed by atoms with Crippen molar-refractivity contribution in [3.05, 3.63) is 17.0 Å². The third kappa shape index (κ3) is 2.16. The van der Waals surface area contributed by atoms with Crippen molar-refractivity contribution in [2.45, 2.75) is 6.10 Å². The maximum atomic E-state index is 5.56. The fourth-order valence-corrected chi connectivity index (χ4v) is 1.56. The monoisotopic (exact) mass is 243 g/mol. The van der Waals surface area contributed by atoms with Gasteiger partial charge in [-0.05, 0) is 23.0 Å². The first-order valence-corrected chi connectivity index (χ1v) is 4.86. The van der Waals surface area contributed by atoms with Crippen LogP contribution < -0.4 is 4.74 Å². The minimum atomic E-state index is 0.272. The van der Waals surface area contributed by atoms with Crippen LogP contribution in [0.25, 0.3) is 0 Å². The van der Waals surface area contributed by atoms with E-state index >= 15 is 0 Å². The van der Waals surface area contributed by atoms with Crippen molar-refractivity contribution in [1.29, 1.82) is 0 Å². The molecule has 1 aromatic heterocycles. The number of ether oxygens (including phenoxy) is 1. The van der Waals surface area contributed by atoms with Gasteiger partial charge in [-0.3, -0.25) is 9.88 Å². The van der Waals surface area contributed by atoms with Gasteiger partial charge in [-0.1, -0.05) is 0 Å². The number of halogens is 1. The summed E-state index contributed by atoms with van der Waals surface area (Å²) in [5, 5.41) is 0. The fraction of sp³-hybridized carbons (Fsp3) is 0.500. The van der Waals surface area contributed by atoms with Crippen molar-refractivity contribution in [3.8, 4) is 5.88 Å². The summed E-state index contributed by atoms with van der Waals surface area (Å²) in [6.07, 6.45) is 3.54. The highest BCUT2D eigenvalue weighted by molar-refractivity contribution is 9.10.